The summed E-state index contributed by atoms with van der Waals surface area (Å²) in [5, 5.41) is 6.09. The van der Waals surface area contributed by atoms with Crippen LogP contribution >= 0.6 is 0 Å². The van der Waals surface area contributed by atoms with Gasteiger partial charge in [-0.15, -0.1) is 0 Å². The molecule has 1 aliphatic carbocycles. The molecule has 2 N–H and O–H groups in total. The third-order valence-corrected chi connectivity index (χ3v) is 4.22. The average molecular weight is 337 g/mol. The van der Waals surface area contributed by atoms with Crippen LogP contribution in [0.1, 0.15) is 48.2 Å². The van der Waals surface area contributed by atoms with Gasteiger partial charge in [-0.25, -0.2) is 9.97 Å². The number of pyridine rings is 1. The second-order valence-corrected chi connectivity index (χ2v) is 6.11. The Morgan fingerprint density at radius 3 is 2.72 bits per heavy atom. The summed E-state index contributed by atoms with van der Waals surface area (Å²) in [4.78, 5) is 24.5. The van der Waals surface area contributed by atoms with Crippen LogP contribution in [0.4, 0.5) is 5.82 Å². The summed E-state index contributed by atoms with van der Waals surface area (Å²) in [6, 6.07) is 3.87. The minimum Gasteiger partial charge on any atom is -0.365 e. The van der Waals surface area contributed by atoms with Gasteiger partial charge in [0.1, 0.15) is 11.5 Å². The molecule has 0 fully saturated rings. The third kappa shape index (κ3) is 5.38. The van der Waals surface area contributed by atoms with Gasteiger partial charge in [-0.3, -0.25) is 9.78 Å². The minimum absolute atomic E-state index is 0.176. The molecule has 0 aromatic carbocycles. The zero-order valence-corrected chi connectivity index (χ0v) is 14.2. The molecule has 3 rings (SSSR count). The fraction of sp³-hybridized carbons (Fsp3) is 0.368. The molecule has 0 unspecified atom stereocenters. The lowest BCUT2D eigenvalue weighted by Gasteiger charge is -2.12. The molecule has 0 saturated heterocycles. The molecule has 2 aromatic heterocycles. The molecule has 0 radical (unpaired) electrons. The lowest BCUT2D eigenvalue weighted by Crippen LogP contribution is -2.26. The smallest absolute Gasteiger partial charge is 0.271 e. The first-order chi connectivity index (χ1) is 12.3. The predicted molar refractivity (Wildman–Crippen MR) is 97.1 cm³/mol. The third-order valence-electron chi connectivity index (χ3n) is 4.22. The van der Waals surface area contributed by atoms with Crippen LogP contribution in [0, 0.1) is 0 Å². The van der Waals surface area contributed by atoms with Crippen molar-refractivity contribution >= 4 is 11.7 Å². The topological polar surface area (TPSA) is 79.8 Å². The molecule has 0 saturated carbocycles. The van der Waals surface area contributed by atoms with E-state index in [-0.39, 0.29) is 5.91 Å². The molecule has 0 bridgehead atoms. The fourth-order valence-electron chi connectivity index (χ4n) is 2.79. The maximum atomic E-state index is 12.1. The molecular weight excluding hydrogens is 314 g/mol. The summed E-state index contributed by atoms with van der Waals surface area (Å²) < 4.78 is 0. The van der Waals surface area contributed by atoms with Gasteiger partial charge in [0.15, 0.2) is 0 Å². The van der Waals surface area contributed by atoms with Gasteiger partial charge >= 0.3 is 0 Å². The van der Waals surface area contributed by atoms with Crippen molar-refractivity contribution in [3.63, 3.8) is 0 Å². The van der Waals surface area contributed by atoms with Crippen molar-refractivity contribution in [2.45, 2.75) is 38.6 Å². The van der Waals surface area contributed by atoms with E-state index in [0.29, 0.717) is 24.6 Å². The number of rotatable bonds is 7. The fourth-order valence-corrected chi connectivity index (χ4v) is 2.79. The second kappa shape index (κ2) is 8.92. The van der Waals surface area contributed by atoms with Crippen molar-refractivity contribution in [3.05, 3.63) is 59.8 Å². The zero-order chi connectivity index (χ0) is 17.3. The van der Waals surface area contributed by atoms with E-state index in [0.717, 1.165) is 18.4 Å². The van der Waals surface area contributed by atoms with Gasteiger partial charge < -0.3 is 10.6 Å². The number of allylic oxidation sites excluding steroid dienone is 1. The lowest BCUT2D eigenvalue weighted by molar-refractivity contribution is 0.0948. The van der Waals surface area contributed by atoms with Crippen LogP contribution in [0.3, 0.4) is 0 Å². The first kappa shape index (κ1) is 17.1. The van der Waals surface area contributed by atoms with Gasteiger partial charge in [-0.05, 0) is 49.8 Å². The highest BCUT2D eigenvalue weighted by Gasteiger charge is 2.09. The van der Waals surface area contributed by atoms with Crippen LogP contribution in [0.25, 0.3) is 0 Å². The maximum absolute atomic E-state index is 12.1. The largest absolute Gasteiger partial charge is 0.365 e. The van der Waals surface area contributed by atoms with Crippen LogP contribution in [0.2, 0.25) is 0 Å². The Bertz CT molecular complexity index is 712. The number of aromatic nitrogens is 3. The van der Waals surface area contributed by atoms with Crippen LogP contribution < -0.4 is 10.6 Å². The number of hydrogen-bond donors (Lipinski definition) is 2. The van der Waals surface area contributed by atoms with Gasteiger partial charge in [-0.2, -0.15) is 0 Å². The quantitative estimate of drug-likeness (QED) is 0.759. The van der Waals surface area contributed by atoms with Crippen molar-refractivity contribution in [1.82, 2.24) is 20.3 Å². The Kier molecular flexibility index (Phi) is 6.09. The molecule has 0 spiro atoms. The summed E-state index contributed by atoms with van der Waals surface area (Å²) in [7, 11) is 0. The molecule has 2 aromatic rings. The van der Waals surface area contributed by atoms with Gasteiger partial charge in [-0.1, -0.05) is 11.6 Å². The number of nitrogens with zero attached hydrogens (tertiary/aromatic N) is 3. The summed E-state index contributed by atoms with van der Waals surface area (Å²) >= 11 is 0. The van der Waals surface area contributed by atoms with Crippen LogP contribution in [-0.2, 0) is 6.54 Å². The Morgan fingerprint density at radius 1 is 1.12 bits per heavy atom. The minimum atomic E-state index is -0.176. The van der Waals surface area contributed by atoms with E-state index in [1.807, 2.05) is 12.1 Å². The van der Waals surface area contributed by atoms with Crippen LogP contribution in [0.15, 0.2) is 48.6 Å². The number of carbonyl (C=O) groups excluding carboxylic acids is 1. The first-order valence-corrected chi connectivity index (χ1v) is 8.72. The molecule has 6 nitrogen and oxygen atoms in total. The highest BCUT2D eigenvalue weighted by molar-refractivity contribution is 5.91. The Hall–Kier alpha value is -2.76. The highest BCUT2D eigenvalue weighted by Crippen LogP contribution is 2.19. The highest BCUT2D eigenvalue weighted by atomic mass is 16.1. The van der Waals surface area contributed by atoms with Crippen LogP contribution in [0.5, 0.6) is 0 Å². The van der Waals surface area contributed by atoms with Crippen molar-refractivity contribution in [2.24, 2.45) is 0 Å². The molecule has 2 heterocycles. The normalized spacial score (nSPS) is 13.8. The predicted octanol–water partition coefficient (Wildman–Crippen LogP) is 3.10. The van der Waals surface area contributed by atoms with E-state index in [1.54, 1.807) is 18.6 Å². The standard InChI is InChI=1S/C19H23N5O/c25-19(21-11-8-15-4-2-1-3-5-15)17-13-24-18(14-22-17)23-12-16-6-9-20-10-7-16/h4,6-7,9-10,13-14H,1-3,5,8,11-12H2,(H,21,25)(H,23,24). The van der Waals surface area contributed by atoms with Gasteiger partial charge in [0.2, 0.25) is 0 Å². The number of hydrogen-bond acceptors (Lipinski definition) is 5. The van der Waals surface area contributed by atoms with Crippen molar-refractivity contribution in [3.8, 4) is 0 Å². The van der Waals surface area contributed by atoms with E-state index >= 15 is 0 Å². The molecule has 0 aliphatic heterocycles. The van der Waals surface area contributed by atoms with E-state index < -0.39 is 0 Å². The van der Waals surface area contributed by atoms with Crippen LogP contribution in [-0.4, -0.2) is 27.4 Å². The van der Waals surface area contributed by atoms with E-state index in [2.05, 4.69) is 31.7 Å². The van der Waals surface area contributed by atoms with E-state index in [9.17, 15) is 4.79 Å². The SMILES string of the molecule is O=C(NCCC1=CCCCC1)c1cnc(NCc2ccncc2)cn1. The molecule has 25 heavy (non-hydrogen) atoms. The number of nitrogens with one attached hydrogen (secondary N) is 2. The molecule has 6 heteroatoms. The number of carbonyl (C=O) groups is 1. The summed E-state index contributed by atoms with van der Waals surface area (Å²) in [5.41, 5.74) is 2.90. The number of amides is 1. The van der Waals surface area contributed by atoms with Crippen molar-refractivity contribution in [2.75, 3.05) is 11.9 Å². The van der Waals surface area contributed by atoms with Crippen molar-refractivity contribution < 1.29 is 4.79 Å². The molecule has 130 valence electrons. The Labute approximate surface area is 147 Å². The van der Waals surface area contributed by atoms with E-state index in [1.165, 1.54) is 31.0 Å². The molecular formula is C19H23N5O. The maximum Gasteiger partial charge on any atom is 0.271 e. The van der Waals surface area contributed by atoms with Gasteiger partial charge in [0.05, 0.1) is 12.4 Å². The number of anilines is 1. The first-order valence-electron chi connectivity index (χ1n) is 8.72. The van der Waals surface area contributed by atoms with E-state index in [4.69, 9.17) is 0 Å². The van der Waals surface area contributed by atoms with Gasteiger partial charge in [0, 0.05) is 25.5 Å². The summed E-state index contributed by atoms with van der Waals surface area (Å²) in [6.45, 7) is 1.28. The average Bonchev–Trinajstić information content (AvgIpc) is 2.68. The summed E-state index contributed by atoms with van der Waals surface area (Å²) in [5.74, 6) is 0.463. The summed E-state index contributed by atoms with van der Waals surface area (Å²) in [6.07, 6.45) is 14.7. The molecule has 1 aliphatic rings. The zero-order valence-electron chi connectivity index (χ0n) is 14.2. The van der Waals surface area contributed by atoms with Gasteiger partial charge in [0.25, 0.3) is 5.91 Å². The van der Waals surface area contributed by atoms with Crippen molar-refractivity contribution in [1.29, 1.82) is 0 Å². The molecule has 0 atom stereocenters. The monoisotopic (exact) mass is 337 g/mol. The molecule has 1 amide bonds. The lowest BCUT2D eigenvalue weighted by atomic mass is 9.97. The Balaban J connectivity index is 1.44. The Morgan fingerprint density at radius 2 is 2.00 bits per heavy atom. The second-order valence-electron chi connectivity index (χ2n) is 6.11.